The quantitative estimate of drug-likeness (QED) is 0.887. The SMILES string of the molecule is CCCCn1ncc(NCc2cnc(C)cn2)c(Cl)c1=O. The number of halogens is 1. The smallest absolute Gasteiger partial charge is 0.287 e. The number of hydrogen-bond donors (Lipinski definition) is 1. The Kier molecular flexibility index (Phi) is 5.27. The lowest BCUT2D eigenvalue weighted by Crippen LogP contribution is -2.24. The highest BCUT2D eigenvalue weighted by Crippen LogP contribution is 2.16. The molecule has 6 nitrogen and oxygen atoms in total. The number of unbranched alkanes of at least 4 members (excludes halogenated alkanes) is 1. The number of nitrogens with one attached hydrogen (secondary N) is 1. The van der Waals surface area contributed by atoms with Crippen molar-refractivity contribution in [3.63, 3.8) is 0 Å². The molecule has 0 fully saturated rings. The topological polar surface area (TPSA) is 72.7 Å². The van der Waals surface area contributed by atoms with Crippen LogP contribution in [-0.2, 0) is 13.1 Å². The Morgan fingerprint density at radius 2 is 2.10 bits per heavy atom. The molecular formula is C14H18ClN5O. The summed E-state index contributed by atoms with van der Waals surface area (Å²) < 4.78 is 1.39. The molecule has 21 heavy (non-hydrogen) atoms. The molecule has 0 bridgehead atoms. The van der Waals surface area contributed by atoms with Gasteiger partial charge in [0.25, 0.3) is 5.56 Å². The first-order chi connectivity index (χ1) is 10.1. The number of anilines is 1. The Bertz CT molecular complexity index is 653. The van der Waals surface area contributed by atoms with E-state index in [2.05, 4.69) is 27.3 Å². The lowest BCUT2D eigenvalue weighted by atomic mass is 10.3. The highest BCUT2D eigenvalue weighted by Gasteiger charge is 2.09. The first-order valence-corrected chi connectivity index (χ1v) is 7.26. The predicted molar refractivity (Wildman–Crippen MR) is 82.5 cm³/mol. The van der Waals surface area contributed by atoms with Gasteiger partial charge in [0.1, 0.15) is 5.02 Å². The van der Waals surface area contributed by atoms with Gasteiger partial charge in [-0.1, -0.05) is 24.9 Å². The first kappa shape index (κ1) is 15.4. The van der Waals surface area contributed by atoms with Gasteiger partial charge in [-0.05, 0) is 13.3 Å². The van der Waals surface area contributed by atoms with Gasteiger partial charge < -0.3 is 5.32 Å². The van der Waals surface area contributed by atoms with Crippen molar-refractivity contribution in [3.05, 3.63) is 45.4 Å². The average Bonchev–Trinajstić information content (AvgIpc) is 2.49. The number of aryl methyl sites for hydroxylation is 2. The minimum absolute atomic E-state index is 0.154. The summed E-state index contributed by atoms with van der Waals surface area (Å²) in [6, 6.07) is 0. The maximum absolute atomic E-state index is 12.1. The molecule has 2 heterocycles. The van der Waals surface area contributed by atoms with E-state index >= 15 is 0 Å². The van der Waals surface area contributed by atoms with Gasteiger partial charge >= 0.3 is 0 Å². The van der Waals surface area contributed by atoms with Crippen LogP contribution in [0.15, 0.2) is 23.4 Å². The Balaban J connectivity index is 2.08. The Labute approximate surface area is 128 Å². The van der Waals surface area contributed by atoms with Gasteiger partial charge in [-0.25, -0.2) is 4.68 Å². The Hall–Kier alpha value is -1.95. The van der Waals surface area contributed by atoms with Gasteiger partial charge in [0, 0.05) is 12.7 Å². The van der Waals surface area contributed by atoms with Crippen molar-refractivity contribution in [3.8, 4) is 0 Å². The van der Waals surface area contributed by atoms with Crippen molar-refractivity contribution in [1.29, 1.82) is 0 Å². The Morgan fingerprint density at radius 3 is 2.76 bits per heavy atom. The summed E-state index contributed by atoms with van der Waals surface area (Å²) in [6.07, 6.45) is 6.85. The molecule has 0 aliphatic rings. The van der Waals surface area contributed by atoms with Crippen LogP contribution < -0.4 is 10.9 Å². The van der Waals surface area contributed by atoms with E-state index in [0.29, 0.717) is 18.8 Å². The zero-order valence-corrected chi connectivity index (χ0v) is 12.9. The molecule has 0 aliphatic carbocycles. The molecule has 2 rings (SSSR count). The second-order valence-electron chi connectivity index (χ2n) is 4.76. The molecule has 2 aromatic heterocycles. The zero-order chi connectivity index (χ0) is 15.2. The normalized spacial score (nSPS) is 10.6. The molecule has 112 valence electrons. The highest BCUT2D eigenvalue weighted by molar-refractivity contribution is 6.32. The number of nitrogens with zero attached hydrogens (tertiary/aromatic N) is 4. The van der Waals surface area contributed by atoms with Crippen LogP contribution in [-0.4, -0.2) is 19.7 Å². The summed E-state index contributed by atoms with van der Waals surface area (Å²) in [5.74, 6) is 0. The van der Waals surface area contributed by atoms with Crippen LogP contribution in [0.4, 0.5) is 5.69 Å². The molecule has 0 unspecified atom stereocenters. The lowest BCUT2D eigenvalue weighted by molar-refractivity contribution is 0.543. The number of aromatic nitrogens is 4. The largest absolute Gasteiger partial charge is 0.377 e. The fraction of sp³-hybridized carbons (Fsp3) is 0.429. The summed E-state index contributed by atoms with van der Waals surface area (Å²) in [4.78, 5) is 20.4. The monoisotopic (exact) mass is 307 g/mol. The average molecular weight is 308 g/mol. The maximum atomic E-state index is 12.1. The van der Waals surface area contributed by atoms with Gasteiger partial charge in [0.2, 0.25) is 0 Å². The lowest BCUT2D eigenvalue weighted by Gasteiger charge is -2.09. The predicted octanol–water partition coefficient (Wildman–Crippen LogP) is 2.41. The fourth-order valence-electron chi connectivity index (χ4n) is 1.75. The third-order valence-corrected chi connectivity index (χ3v) is 3.37. The van der Waals surface area contributed by atoms with Gasteiger partial charge in [0.15, 0.2) is 0 Å². The molecule has 0 radical (unpaired) electrons. The van der Waals surface area contributed by atoms with E-state index in [4.69, 9.17) is 11.6 Å². The third-order valence-electron chi connectivity index (χ3n) is 3.00. The molecule has 7 heteroatoms. The highest BCUT2D eigenvalue weighted by atomic mass is 35.5. The summed E-state index contributed by atoms with van der Waals surface area (Å²) in [6.45, 7) is 4.96. The van der Waals surface area contributed by atoms with Crippen molar-refractivity contribution in [2.24, 2.45) is 0 Å². The molecule has 1 N–H and O–H groups in total. The van der Waals surface area contributed by atoms with E-state index in [0.717, 1.165) is 24.2 Å². The number of hydrogen-bond acceptors (Lipinski definition) is 5. The van der Waals surface area contributed by atoms with Crippen LogP contribution in [0.3, 0.4) is 0 Å². The number of rotatable bonds is 6. The molecule has 0 aromatic carbocycles. The molecule has 0 saturated carbocycles. The van der Waals surface area contributed by atoms with E-state index < -0.39 is 0 Å². The second kappa shape index (κ2) is 7.17. The maximum Gasteiger partial charge on any atom is 0.287 e. The minimum Gasteiger partial charge on any atom is -0.377 e. The minimum atomic E-state index is -0.273. The molecule has 2 aromatic rings. The van der Waals surface area contributed by atoms with E-state index in [-0.39, 0.29) is 10.6 Å². The van der Waals surface area contributed by atoms with Crippen LogP contribution in [0.25, 0.3) is 0 Å². The van der Waals surface area contributed by atoms with Crippen LogP contribution in [0, 0.1) is 6.92 Å². The third kappa shape index (κ3) is 4.01. The summed E-state index contributed by atoms with van der Waals surface area (Å²) in [7, 11) is 0. The van der Waals surface area contributed by atoms with Crippen molar-refractivity contribution in [2.75, 3.05) is 5.32 Å². The second-order valence-corrected chi connectivity index (χ2v) is 5.13. The van der Waals surface area contributed by atoms with Crippen LogP contribution in [0.1, 0.15) is 31.2 Å². The standard InChI is InChI=1S/C14H18ClN5O/c1-3-4-5-20-14(21)13(15)12(9-19-20)18-8-11-7-16-10(2)6-17-11/h6-7,9,18H,3-5,8H2,1-2H3. The molecule has 0 atom stereocenters. The van der Waals surface area contributed by atoms with Gasteiger partial charge in [-0.2, -0.15) is 5.10 Å². The first-order valence-electron chi connectivity index (χ1n) is 6.88. The van der Waals surface area contributed by atoms with Crippen molar-refractivity contribution in [2.45, 2.75) is 39.8 Å². The van der Waals surface area contributed by atoms with E-state index in [1.54, 1.807) is 18.6 Å². The van der Waals surface area contributed by atoms with Gasteiger partial charge in [0.05, 0.1) is 36.0 Å². The molecular weight excluding hydrogens is 290 g/mol. The summed E-state index contributed by atoms with van der Waals surface area (Å²) >= 11 is 6.10. The van der Waals surface area contributed by atoms with E-state index in [1.165, 1.54) is 4.68 Å². The molecule has 0 aliphatic heterocycles. The summed E-state index contributed by atoms with van der Waals surface area (Å²) in [5.41, 5.74) is 1.87. The van der Waals surface area contributed by atoms with Crippen LogP contribution >= 0.6 is 11.6 Å². The van der Waals surface area contributed by atoms with E-state index in [9.17, 15) is 4.79 Å². The van der Waals surface area contributed by atoms with Crippen LogP contribution in [0.2, 0.25) is 5.02 Å². The molecule has 0 spiro atoms. The van der Waals surface area contributed by atoms with Crippen LogP contribution in [0.5, 0.6) is 0 Å². The fourth-order valence-corrected chi connectivity index (χ4v) is 1.97. The van der Waals surface area contributed by atoms with Gasteiger partial charge in [-0.3, -0.25) is 14.8 Å². The summed E-state index contributed by atoms with van der Waals surface area (Å²) in [5, 5.41) is 7.34. The Morgan fingerprint density at radius 1 is 1.29 bits per heavy atom. The zero-order valence-electron chi connectivity index (χ0n) is 12.1. The van der Waals surface area contributed by atoms with Crippen molar-refractivity contribution in [1.82, 2.24) is 19.7 Å². The van der Waals surface area contributed by atoms with Crippen molar-refractivity contribution < 1.29 is 0 Å². The van der Waals surface area contributed by atoms with E-state index in [1.807, 2.05) is 6.92 Å². The van der Waals surface area contributed by atoms with Gasteiger partial charge in [-0.15, -0.1) is 0 Å². The van der Waals surface area contributed by atoms with Crippen molar-refractivity contribution >= 4 is 17.3 Å². The molecule has 0 amide bonds. The molecule has 0 saturated heterocycles.